The fourth-order valence-electron chi connectivity index (χ4n) is 4.60. The molecule has 0 bridgehead atoms. The van der Waals surface area contributed by atoms with Gasteiger partial charge in [0.2, 0.25) is 0 Å². The van der Waals surface area contributed by atoms with Gasteiger partial charge >= 0.3 is 0 Å². The van der Waals surface area contributed by atoms with Gasteiger partial charge in [0.05, 0.1) is 0 Å². The summed E-state index contributed by atoms with van der Waals surface area (Å²) in [6.45, 7) is 1.58. The Morgan fingerprint density at radius 3 is 1.56 bits per heavy atom. The number of anilines is 2. The van der Waals surface area contributed by atoms with Crippen molar-refractivity contribution >= 4 is 43.7 Å². The molecule has 2 N–H and O–H groups in total. The molecule has 0 amide bonds. The van der Waals surface area contributed by atoms with E-state index in [1.165, 1.54) is 49.1 Å². The molecule has 3 nitrogen and oxygen atoms in total. The van der Waals surface area contributed by atoms with Crippen LogP contribution in [0.1, 0.15) is 11.1 Å². The molecule has 154 valence electrons. The molecular weight excluding hydrogens is 390 g/mol. The summed E-state index contributed by atoms with van der Waals surface area (Å²) in [6.07, 6.45) is 3.68. The zero-order valence-electron chi connectivity index (χ0n) is 17.7. The van der Waals surface area contributed by atoms with E-state index < -0.39 is 0 Å². The normalized spacial score (nSPS) is 11.4. The minimum atomic E-state index is 0.774. The van der Waals surface area contributed by atoms with Gasteiger partial charge < -0.3 is 10.6 Å². The lowest BCUT2D eigenvalue weighted by molar-refractivity contribution is 1.13. The van der Waals surface area contributed by atoms with E-state index in [1.807, 2.05) is 24.5 Å². The van der Waals surface area contributed by atoms with Crippen LogP contribution in [0.5, 0.6) is 0 Å². The average Bonchev–Trinajstić information content (AvgIpc) is 2.86. The van der Waals surface area contributed by atoms with Crippen molar-refractivity contribution in [3.63, 3.8) is 0 Å². The highest BCUT2D eigenvalue weighted by Gasteiger charge is 2.13. The van der Waals surface area contributed by atoms with E-state index in [4.69, 9.17) is 0 Å². The van der Waals surface area contributed by atoms with Gasteiger partial charge in [-0.3, -0.25) is 4.98 Å². The highest BCUT2D eigenvalue weighted by atomic mass is 14.9. The van der Waals surface area contributed by atoms with Gasteiger partial charge in [0.1, 0.15) is 0 Å². The second-order valence-corrected chi connectivity index (χ2v) is 8.20. The number of benzene rings is 5. The SMILES string of the molecule is c1ccc(CNc2ccc3ccc4c(NCc5ccncc5)ccc5ccc2c3c54)cc1. The predicted octanol–water partition coefficient (Wildman–Crippen LogP) is 7.20. The molecule has 0 aliphatic carbocycles. The van der Waals surface area contributed by atoms with E-state index in [9.17, 15) is 0 Å². The quantitative estimate of drug-likeness (QED) is 0.283. The van der Waals surface area contributed by atoms with E-state index in [0.717, 1.165) is 18.8 Å². The third-order valence-electron chi connectivity index (χ3n) is 6.22. The molecule has 32 heavy (non-hydrogen) atoms. The van der Waals surface area contributed by atoms with E-state index in [-0.39, 0.29) is 0 Å². The molecule has 0 aliphatic rings. The van der Waals surface area contributed by atoms with Gasteiger partial charge in [-0.1, -0.05) is 66.7 Å². The second-order valence-electron chi connectivity index (χ2n) is 8.20. The van der Waals surface area contributed by atoms with Crippen LogP contribution in [0.25, 0.3) is 32.3 Å². The maximum atomic E-state index is 4.11. The Hall–Kier alpha value is -4.11. The van der Waals surface area contributed by atoms with Crippen LogP contribution < -0.4 is 10.6 Å². The average molecular weight is 414 g/mol. The highest BCUT2D eigenvalue weighted by Crippen LogP contribution is 2.40. The zero-order valence-corrected chi connectivity index (χ0v) is 17.7. The number of rotatable bonds is 6. The van der Waals surface area contributed by atoms with Gasteiger partial charge in [-0.05, 0) is 56.9 Å². The lowest BCUT2D eigenvalue weighted by Gasteiger charge is -2.17. The Kier molecular flexibility index (Phi) is 4.58. The van der Waals surface area contributed by atoms with Crippen molar-refractivity contribution in [1.29, 1.82) is 0 Å². The largest absolute Gasteiger partial charge is 0.380 e. The summed E-state index contributed by atoms with van der Waals surface area (Å²) in [5.74, 6) is 0. The number of hydrogen-bond acceptors (Lipinski definition) is 3. The van der Waals surface area contributed by atoms with Crippen molar-refractivity contribution in [3.05, 3.63) is 115 Å². The first-order valence-corrected chi connectivity index (χ1v) is 11.0. The first-order chi connectivity index (χ1) is 15.9. The Balaban J connectivity index is 1.43. The van der Waals surface area contributed by atoms with Gasteiger partial charge in [-0.15, -0.1) is 0 Å². The maximum Gasteiger partial charge on any atom is 0.0423 e. The van der Waals surface area contributed by atoms with Crippen LogP contribution in [0, 0.1) is 0 Å². The van der Waals surface area contributed by atoms with Crippen molar-refractivity contribution in [3.8, 4) is 0 Å². The number of nitrogens with zero attached hydrogens (tertiary/aromatic N) is 1. The first kappa shape index (κ1) is 18.6. The lowest BCUT2D eigenvalue weighted by atomic mass is 9.92. The Morgan fingerprint density at radius 2 is 1.00 bits per heavy atom. The molecule has 0 atom stereocenters. The van der Waals surface area contributed by atoms with Crippen LogP contribution in [0.15, 0.2) is 103 Å². The number of nitrogens with one attached hydrogen (secondary N) is 2. The second kappa shape index (κ2) is 7.86. The van der Waals surface area contributed by atoms with E-state index >= 15 is 0 Å². The van der Waals surface area contributed by atoms with E-state index in [2.05, 4.69) is 94.5 Å². The smallest absolute Gasteiger partial charge is 0.0423 e. The molecule has 0 unspecified atom stereocenters. The lowest BCUT2D eigenvalue weighted by Crippen LogP contribution is -2.01. The van der Waals surface area contributed by atoms with Crippen LogP contribution >= 0.6 is 0 Å². The van der Waals surface area contributed by atoms with Gasteiger partial charge in [-0.25, -0.2) is 0 Å². The minimum absolute atomic E-state index is 0.774. The van der Waals surface area contributed by atoms with Gasteiger partial charge in [0, 0.05) is 47.6 Å². The molecule has 0 aliphatic heterocycles. The fourth-order valence-corrected chi connectivity index (χ4v) is 4.60. The molecule has 0 spiro atoms. The molecule has 5 aromatic carbocycles. The van der Waals surface area contributed by atoms with Crippen LogP contribution in [0.2, 0.25) is 0 Å². The molecule has 1 aromatic heterocycles. The predicted molar refractivity (Wildman–Crippen MR) is 135 cm³/mol. The molecule has 6 rings (SSSR count). The van der Waals surface area contributed by atoms with E-state index in [1.54, 1.807) is 0 Å². The Morgan fingerprint density at radius 1 is 0.500 bits per heavy atom. The van der Waals surface area contributed by atoms with E-state index in [0.29, 0.717) is 0 Å². The van der Waals surface area contributed by atoms with Crippen molar-refractivity contribution in [2.75, 3.05) is 10.6 Å². The Labute approximate surface area is 187 Å². The fraction of sp³-hybridized carbons (Fsp3) is 0.0690. The number of aromatic nitrogens is 1. The minimum Gasteiger partial charge on any atom is -0.380 e. The van der Waals surface area contributed by atoms with Gasteiger partial charge in [-0.2, -0.15) is 0 Å². The summed E-state index contributed by atoms with van der Waals surface area (Å²) in [5.41, 5.74) is 4.83. The third kappa shape index (κ3) is 3.28. The van der Waals surface area contributed by atoms with Crippen molar-refractivity contribution in [2.45, 2.75) is 13.1 Å². The summed E-state index contributed by atoms with van der Waals surface area (Å²) in [7, 11) is 0. The molecule has 3 heteroatoms. The topological polar surface area (TPSA) is 37.0 Å². The highest BCUT2D eigenvalue weighted by molar-refractivity contribution is 6.27. The summed E-state index contributed by atoms with van der Waals surface area (Å²) in [4.78, 5) is 4.11. The van der Waals surface area contributed by atoms with Gasteiger partial charge in [0.15, 0.2) is 0 Å². The zero-order chi connectivity index (χ0) is 21.3. The van der Waals surface area contributed by atoms with Crippen LogP contribution in [-0.4, -0.2) is 4.98 Å². The van der Waals surface area contributed by atoms with Gasteiger partial charge in [0.25, 0.3) is 0 Å². The Bertz CT molecular complexity index is 1390. The molecule has 0 fully saturated rings. The van der Waals surface area contributed by atoms with Crippen LogP contribution in [-0.2, 0) is 13.1 Å². The summed E-state index contributed by atoms with van der Waals surface area (Å²) >= 11 is 0. The van der Waals surface area contributed by atoms with Crippen LogP contribution in [0.4, 0.5) is 11.4 Å². The molecule has 1 heterocycles. The maximum absolute atomic E-state index is 4.11. The molecule has 0 saturated heterocycles. The van der Waals surface area contributed by atoms with Crippen molar-refractivity contribution in [1.82, 2.24) is 4.98 Å². The summed E-state index contributed by atoms with van der Waals surface area (Å²) in [5, 5.41) is 15.0. The molecule has 6 aromatic rings. The molecule has 0 saturated carbocycles. The third-order valence-corrected chi connectivity index (χ3v) is 6.22. The number of pyridine rings is 1. The summed E-state index contributed by atoms with van der Waals surface area (Å²) < 4.78 is 0. The standard InChI is InChI=1S/C29H23N3/c1-2-4-20(5-3-1)18-31-26-12-8-22-7-11-25-27(32-19-21-14-16-30-17-15-21)13-9-23-6-10-24(26)28(22)29(23)25/h1-17,31-32H,18-19H2. The molecular formula is C29H23N3. The molecule has 0 radical (unpaired) electrons. The van der Waals surface area contributed by atoms with Crippen molar-refractivity contribution < 1.29 is 0 Å². The first-order valence-electron chi connectivity index (χ1n) is 11.0. The van der Waals surface area contributed by atoms with Crippen molar-refractivity contribution in [2.24, 2.45) is 0 Å². The summed E-state index contributed by atoms with van der Waals surface area (Å²) in [6, 6.07) is 32.5. The monoisotopic (exact) mass is 413 g/mol. The number of hydrogen-bond donors (Lipinski definition) is 2. The van der Waals surface area contributed by atoms with Crippen LogP contribution in [0.3, 0.4) is 0 Å².